The Kier molecular flexibility index (Phi) is 6.96. The summed E-state index contributed by atoms with van der Waals surface area (Å²) in [5, 5.41) is 2.74. The fraction of sp³-hybridized carbons (Fsp3) is 0.409. The standard InChI is InChI=1S/C22H27N3O6/c1-13-18(21(27)29-4)14(2)23-19(13)22(28)31-15(3)20(26)24-16-5-7-17(8-6-16)25-9-11-30-12-10-25/h5-8,15,23H,9-12H2,1-4H3,(H,24,26)/t15-/m1/s1. The molecular weight excluding hydrogens is 402 g/mol. The van der Waals surface area contributed by atoms with Crippen LogP contribution in [0.2, 0.25) is 0 Å². The maximum atomic E-state index is 12.5. The van der Waals surface area contributed by atoms with Gasteiger partial charge in [0, 0.05) is 30.2 Å². The van der Waals surface area contributed by atoms with Gasteiger partial charge >= 0.3 is 11.9 Å². The van der Waals surface area contributed by atoms with E-state index in [4.69, 9.17) is 14.2 Å². The minimum atomic E-state index is -1.03. The van der Waals surface area contributed by atoms with Crippen LogP contribution >= 0.6 is 0 Å². The highest BCUT2D eigenvalue weighted by Crippen LogP contribution is 2.21. The number of nitrogens with zero attached hydrogens (tertiary/aromatic N) is 1. The van der Waals surface area contributed by atoms with Crippen LogP contribution in [0.4, 0.5) is 11.4 Å². The van der Waals surface area contributed by atoms with Gasteiger partial charge in [0.05, 0.1) is 25.9 Å². The molecule has 2 aromatic rings. The fourth-order valence-corrected chi connectivity index (χ4v) is 3.46. The van der Waals surface area contributed by atoms with Gasteiger partial charge in [-0.2, -0.15) is 0 Å². The minimum absolute atomic E-state index is 0.118. The van der Waals surface area contributed by atoms with Crippen molar-refractivity contribution in [3.05, 3.63) is 46.8 Å². The van der Waals surface area contributed by atoms with Crippen molar-refractivity contribution in [2.24, 2.45) is 0 Å². The molecule has 1 fully saturated rings. The molecule has 0 unspecified atom stereocenters. The number of carbonyl (C=O) groups excluding carboxylic acids is 3. The first-order valence-corrected chi connectivity index (χ1v) is 10.0. The number of aromatic nitrogens is 1. The van der Waals surface area contributed by atoms with Gasteiger partial charge in [0.1, 0.15) is 5.69 Å². The molecule has 31 heavy (non-hydrogen) atoms. The van der Waals surface area contributed by atoms with Crippen LogP contribution in [0.1, 0.15) is 39.0 Å². The molecule has 1 aromatic carbocycles. The molecule has 0 aliphatic carbocycles. The summed E-state index contributed by atoms with van der Waals surface area (Å²) in [7, 11) is 1.27. The molecule has 1 aliphatic rings. The van der Waals surface area contributed by atoms with E-state index in [9.17, 15) is 14.4 Å². The second kappa shape index (κ2) is 9.65. The quantitative estimate of drug-likeness (QED) is 0.679. The Labute approximate surface area is 180 Å². The number of hydrogen-bond donors (Lipinski definition) is 2. The average molecular weight is 429 g/mol. The van der Waals surface area contributed by atoms with Crippen LogP contribution in [0.25, 0.3) is 0 Å². The molecule has 0 spiro atoms. The first-order chi connectivity index (χ1) is 14.8. The number of carbonyl (C=O) groups is 3. The summed E-state index contributed by atoms with van der Waals surface area (Å²) < 4.78 is 15.4. The van der Waals surface area contributed by atoms with E-state index in [1.54, 1.807) is 26.0 Å². The van der Waals surface area contributed by atoms with Gasteiger partial charge in [0.2, 0.25) is 0 Å². The van der Waals surface area contributed by atoms with Crippen LogP contribution in [0.15, 0.2) is 24.3 Å². The number of ether oxygens (including phenoxy) is 3. The van der Waals surface area contributed by atoms with Crippen molar-refractivity contribution in [2.75, 3.05) is 43.6 Å². The molecule has 1 aliphatic heterocycles. The van der Waals surface area contributed by atoms with E-state index in [0.29, 0.717) is 30.2 Å². The zero-order valence-electron chi connectivity index (χ0n) is 18.1. The second-order valence-corrected chi connectivity index (χ2v) is 7.30. The Morgan fingerprint density at radius 2 is 1.74 bits per heavy atom. The van der Waals surface area contributed by atoms with E-state index in [1.165, 1.54) is 14.0 Å². The fourth-order valence-electron chi connectivity index (χ4n) is 3.46. The third-order valence-electron chi connectivity index (χ3n) is 5.20. The smallest absolute Gasteiger partial charge is 0.355 e. The monoisotopic (exact) mass is 429 g/mol. The number of morpholine rings is 1. The topological polar surface area (TPSA) is 110 Å². The number of nitrogens with one attached hydrogen (secondary N) is 2. The zero-order chi connectivity index (χ0) is 22.5. The van der Waals surface area contributed by atoms with E-state index in [2.05, 4.69) is 15.2 Å². The second-order valence-electron chi connectivity index (χ2n) is 7.30. The van der Waals surface area contributed by atoms with Crippen molar-refractivity contribution < 1.29 is 28.6 Å². The summed E-state index contributed by atoms with van der Waals surface area (Å²) in [5.41, 5.74) is 2.97. The zero-order valence-corrected chi connectivity index (χ0v) is 18.1. The Balaban J connectivity index is 1.60. The molecule has 9 heteroatoms. The minimum Gasteiger partial charge on any atom is -0.465 e. The number of benzene rings is 1. The largest absolute Gasteiger partial charge is 0.465 e. The molecule has 1 saturated heterocycles. The van der Waals surface area contributed by atoms with Crippen molar-refractivity contribution in [1.29, 1.82) is 0 Å². The van der Waals surface area contributed by atoms with Gasteiger partial charge in [-0.05, 0) is 50.6 Å². The van der Waals surface area contributed by atoms with Gasteiger partial charge in [-0.1, -0.05) is 0 Å². The van der Waals surface area contributed by atoms with E-state index in [1.807, 2.05) is 12.1 Å². The summed E-state index contributed by atoms with van der Waals surface area (Å²) in [4.78, 5) is 41.9. The van der Waals surface area contributed by atoms with Crippen molar-refractivity contribution >= 4 is 29.2 Å². The van der Waals surface area contributed by atoms with Crippen LogP contribution in [0.5, 0.6) is 0 Å². The lowest BCUT2D eigenvalue weighted by molar-refractivity contribution is -0.123. The van der Waals surface area contributed by atoms with Crippen molar-refractivity contribution in [3.63, 3.8) is 0 Å². The van der Waals surface area contributed by atoms with Gasteiger partial charge in [-0.3, -0.25) is 4.79 Å². The number of amides is 1. The number of anilines is 2. The van der Waals surface area contributed by atoms with Gasteiger partial charge in [0.15, 0.2) is 6.10 Å². The van der Waals surface area contributed by atoms with E-state index >= 15 is 0 Å². The summed E-state index contributed by atoms with van der Waals surface area (Å²) >= 11 is 0. The summed E-state index contributed by atoms with van der Waals surface area (Å²) in [5.74, 6) is -1.72. The maximum absolute atomic E-state index is 12.5. The van der Waals surface area contributed by atoms with Crippen LogP contribution in [0, 0.1) is 13.8 Å². The third-order valence-corrected chi connectivity index (χ3v) is 5.20. The summed E-state index contributed by atoms with van der Waals surface area (Å²) in [6.45, 7) is 7.81. The molecule has 2 heterocycles. The lowest BCUT2D eigenvalue weighted by Gasteiger charge is -2.28. The van der Waals surface area contributed by atoms with Gasteiger partial charge in [-0.25, -0.2) is 9.59 Å². The highest BCUT2D eigenvalue weighted by Gasteiger charge is 2.26. The SMILES string of the molecule is COC(=O)c1c(C)[nH]c(C(=O)O[C@H](C)C(=O)Nc2ccc(N3CCOCC3)cc2)c1C. The highest BCUT2D eigenvalue weighted by molar-refractivity contribution is 6.00. The Morgan fingerprint density at radius 1 is 1.10 bits per heavy atom. The van der Waals surface area contributed by atoms with Crippen LogP contribution in [0.3, 0.4) is 0 Å². The number of methoxy groups -OCH3 is 1. The number of H-pyrrole nitrogens is 1. The summed E-state index contributed by atoms with van der Waals surface area (Å²) in [6.07, 6.45) is -1.03. The normalized spacial score (nSPS) is 14.6. The van der Waals surface area contributed by atoms with E-state index in [-0.39, 0.29) is 11.3 Å². The Hall–Kier alpha value is -3.33. The van der Waals surface area contributed by atoms with Crippen molar-refractivity contribution in [1.82, 2.24) is 4.98 Å². The lowest BCUT2D eigenvalue weighted by atomic mass is 10.1. The summed E-state index contributed by atoms with van der Waals surface area (Å²) in [6, 6.07) is 7.46. The molecule has 166 valence electrons. The molecule has 9 nitrogen and oxygen atoms in total. The first kappa shape index (κ1) is 22.4. The van der Waals surface area contributed by atoms with Crippen molar-refractivity contribution in [3.8, 4) is 0 Å². The van der Waals surface area contributed by atoms with Gasteiger partial charge in [0.25, 0.3) is 5.91 Å². The van der Waals surface area contributed by atoms with Crippen molar-refractivity contribution in [2.45, 2.75) is 26.9 Å². The predicted molar refractivity (Wildman–Crippen MR) is 115 cm³/mol. The average Bonchev–Trinajstić information content (AvgIpc) is 3.08. The number of rotatable bonds is 6. The highest BCUT2D eigenvalue weighted by atomic mass is 16.5. The molecule has 1 aromatic heterocycles. The molecular formula is C22H27N3O6. The van der Waals surface area contributed by atoms with Crippen LogP contribution in [-0.4, -0.2) is 62.3 Å². The molecule has 2 N–H and O–H groups in total. The molecule has 0 radical (unpaired) electrons. The van der Waals surface area contributed by atoms with Crippen LogP contribution in [-0.2, 0) is 19.0 Å². The Bertz CT molecular complexity index is 960. The lowest BCUT2D eigenvalue weighted by Crippen LogP contribution is -2.36. The number of esters is 2. The Morgan fingerprint density at radius 3 is 2.35 bits per heavy atom. The molecule has 3 rings (SSSR count). The molecule has 1 amide bonds. The molecule has 0 bridgehead atoms. The van der Waals surface area contributed by atoms with Gasteiger partial charge < -0.3 is 29.4 Å². The number of hydrogen-bond acceptors (Lipinski definition) is 7. The van der Waals surface area contributed by atoms with Crippen LogP contribution < -0.4 is 10.2 Å². The molecule has 0 saturated carbocycles. The molecule has 1 atom stereocenters. The maximum Gasteiger partial charge on any atom is 0.355 e. The third kappa shape index (κ3) is 5.05. The number of aryl methyl sites for hydroxylation is 1. The van der Waals surface area contributed by atoms with Gasteiger partial charge in [-0.15, -0.1) is 0 Å². The predicted octanol–water partition coefficient (Wildman–Crippen LogP) is 2.44. The number of aromatic amines is 1. The van der Waals surface area contributed by atoms with E-state index < -0.39 is 23.9 Å². The first-order valence-electron chi connectivity index (χ1n) is 10.0. The van der Waals surface area contributed by atoms with E-state index in [0.717, 1.165) is 18.8 Å².